The molecular weight excluding hydrogens is 456 g/mol. The Morgan fingerprint density at radius 3 is 2.50 bits per heavy atom. The summed E-state index contributed by atoms with van der Waals surface area (Å²) in [7, 11) is -3.96. The van der Waals surface area contributed by atoms with Crippen molar-refractivity contribution in [3.63, 3.8) is 0 Å². The van der Waals surface area contributed by atoms with Crippen LogP contribution in [0.4, 0.5) is 11.4 Å². The van der Waals surface area contributed by atoms with E-state index in [1.54, 1.807) is 37.3 Å². The number of piperidine rings is 1. The number of ether oxygens (including phenoxy) is 1. The first-order valence-corrected chi connectivity index (χ1v) is 13.0. The van der Waals surface area contributed by atoms with Crippen LogP contribution in [-0.2, 0) is 26.0 Å². The lowest BCUT2D eigenvalue weighted by Crippen LogP contribution is -2.39. The van der Waals surface area contributed by atoms with Crippen molar-refractivity contribution < 1.29 is 27.9 Å². The maximum atomic E-state index is 13.2. The molecule has 0 spiro atoms. The molecule has 2 aromatic carbocycles. The molecule has 0 radical (unpaired) electrons. The summed E-state index contributed by atoms with van der Waals surface area (Å²) in [5, 5.41) is 9.45. The SMILES string of the molecule is CCOC(=O)C1CCCN(c2ccc(C(=O)O)cc2NS(=O)(=O)c2ccc(CC(C)C)cc2)C1. The summed E-state index contributed by atoms with van der Waals surface area (Å²) in [5.41, 5.74) is 1.70. The molecule has 1 heterocycles. The Morgan fingerprint density at radius 1 is 1.18 bits per heavy atom. The van der Waals surface area contributed by atoms with E-state index in [2.05, 4.69) is 18.6 Å². The second-order valence-corrected chi connectivity index (χ2v) is 10.6. The van der Waals surface area contributed by atoms with Crippen LogP contribution in [0.15, 0.2) is 47.4 Å². The quantitative estimate of drug-likeness (QED) is 0.510. The van der Waals surface area contributed by atoms with Gasteiger partial charge < -0.3 is 14.7 Å². The van der Waals surface area contributed by atoms with Crippen LogP contribution in [0, 0.1) is 11.8 Å². The zero-order chi connectivity index (χ0) is 24.9. The molecule has 2 N–H and O–H groups in total. The highest BCUT2D eigenvalue weighted by Crippen LogP contribution is 2.33. The Hall–Kier alpha value is -3.07. The van der Waals surface area contributed by atoms with Gasteiger partial charge in [0, 0.05) is 13.1 Å². The summed E-state index contributed by atoms with van der Waals surface area (Å²) in [6.45, 7) is 7.21. The minimum atomic E-state index is -3.96. The topological polar surface area (TPSA) is 113 Å². The highest BCUT2D eigenvalue weighted by Gasteiger charge is 2.29. The number of nitrogens with zero attached hydrogens (tertiary/aromatic N) is 1. The van der Waals surface area contributed by atoms with Crippen LogP contribution in [0.1, 0.15) is 49.5 Å². The van der Waals surface area contributed by atoms with E-state index in [9.17, 15) is 23.1 Å². The van der Waals surface area contributed by atoms with Crippen molar-refractivity contribution in [3.05, 3.63) is 53.6 Å². The molecule has 0 bridgehead atoms. The molecule has 9 heteroatoms. The van der Waals surface area contributed by atoms with Crippen LogP contribution in [0.3, 0.4) is 0 Å². The summed E-state index contributed by atoms with van der Waals surface area (Å²) >= 11 is 0. The van der Waals surface area contributed by atoms with Gasteiger partial charge in [-0.1, -0.05) is 26.0 Å². The van der Waals surface area contributed by atoms with Gasteiger partial charge in [0.05, 0.1) is 34.4 Å². The maximum absolute atomic E-state index is 13.2. The molecule has 3 rings (SSSR count). The number of carboxylic acid groups (broad SMARTS) is 1. The second kappa shape index (κ2) is 10.9. The Labute approximate surface area is 201 Å². The van der Waals surface area contributed by atoms with E-state index < -0.39 is 16.0 Å². The van der Waals surface area contributed by atoms with Crippen LogP contribution in [0.25, 0.3) is 0 Å². The van der Waals surface area contributed by atoms with Crippen LogP contribution in [-0.4, -0.2) is 45.2 Å². The lowest BCUT2D eigenvalue weighted by atomic mass is 9.97. The molecule has 184 valence electrons. The van der Waals surface area contributed by atoms with Gasteiger partial charge in [0.2, 0.25) is 0 Å². The lowest BCUT2D eigenvalue weighted by molar-refractivity contribution is -0.148. The molecule has 0 amide bonds. The average molecular weight is 489 g/mol. The van der Waals surface area contributed by atoms with Crippen molar-refractivity contribution in [2.24, 2.45) is 11.8 Å². The van der Waals surface area contributed by atoms with Crippen molar-refractivity contribution >= 4 is 33.3 Å². The number of carboxylic acids is 1. The van der Waals surface area contributed by atoms with E-state index in [0.717, 1.165) is 18.4 Å². The Bertz CT molecular complexity index is 1130. The molecule has 1 fully saturated rings. The zero-order valence-corrected chi connectivity index (χ0v) is 20.6. The van der Waals surface area contributed by atoms with Gasteiger partial charge in [-0.05, 0) is 68.0 Å². The van der Waals surface area contributed by atoms with E-state index in [0.29, 0.717) is 37.7 Å². The summed E-state index contributed by atoms with van der Waals surface area (Å²) in [4.78, 5) is 25.8. The number of carbonyl (C=O) groups is 2. The first-order chi connectivity index (χ1) is 16.1. The maximum Gasteiger partial charge on any atom is 0.335 e. The minimum Gasteiger partial charge on any atom is -0.478 e. The molecule has 0 aliphatic carbocycles. The first-order valence-electron chi connectivity index (χ1n) is 11.5. The van der Waals surface area contributed by atoms with Gasteiger partial charge in [0.1, 0.15) is 0 Å². The predicted molar refractivity (Wildman–Crippen MR) is 131 cm³/mol. The standard InChI is InChI=1S/C25H32N2O6S/c1-4-33-25(30)20-6-5-13-27(16-20)23-12-9-19(24(28)29)15-22(23)26-34(31,32)21-10-7-18(8-11-21)14-17(2)3/h7-12,15,17,20,26H,4-6,13-14,16H2,1-3H3,(H,28,29). The Balaban J connectivity index is 1.91. The van der Waals surface area contributed by atoms with Gasteiger partial charge >= 0.3 is 11.9 Å². The number of rotatable bonds is 9. The molecule has 1 aliphatic rings. The molecule has 8 nitrogen and oxygen atoms in total. The third-order valence-corrected chi connectivity index (χ3v) is 7.13. The number of esters is 1. The molecule has 2 aromatic rings. The average Bonchev–Trinajstić information content (AvgIpc) is 2.79. The molecule has 34 heavy (non-hydrogen) atoms. The van der Waals surface area contributed by atoms with Crippen molar-refractivity contribution in [1.82, 2.24) is 0 Å². The van der Waals surface area contributed by atoms with E-state index in [1.807, 2.05) is 4.90 Å². The lowest BCUT2D eigenvalue weighted by Gasteiger charge is -2.34. The van der Waals surface area contributed by atoms with E-state index in [-0.39, 0.29) is 28.0 Å². The van der Waals surface area contributed by atoms with Gasteiger partial charge in [0.25, 0.3) is 10.0 Å². The number of hydrogen-bond acceptors (Lipinski definition) is 6. The summed E-state index contributed by atoms with van der Waals surface area (Å²) in [6, 6.07) is 11.0. The number of carbonyl (C=O) groups excluding carboxylic acids is 1. The monoisotopic (exact) mass is 488 g/mol. The third kappa shape index (κ3) is 6.28. The summed E-state index contributed by atoms with van der Waals surface area (Å²) in [6.07, 6.45) is 2.26. The fourth-order valence-corrected chi connectivity index (χ4v) is 5.22. The molecule has 1 saturated heterocycles. The summed E-state index contributed by atoms with van der Waals surface area (Å²) in [5.74, 6) is -1.32. The number of hydrogen-bond donors (Lipinski definition) is 2. The first kappa shape index (κ1) is 25.6. The second-order valence-electron chi connectivity index (χ2n) is 8.92. The molecule has 0 aromatic heterocycles. The number of anilines is 2. The predicted octanol–water partition coefficient (Wildman–Crippen LogP) is 4.16. The van der Waals surface area contributed by atoms with E-state index >= 15 is 0 Å². The van der Waals surface area contributed by atoms with Gasteiger partial charge in [-0.15, -0.1) is 0 Å². The van der Waals surface area contributed by atoms with Gasteiger partial charge in [0.15, 0.2) is 0 Å². The van der Waals surface area contributed by atoms with Crippen LogP contribution >= 0.6 is 0 Å². The van der Waals surface area contributed by atoms with Gasteiger partial charge in [-0.3, -0.25) is 9.52 Å². The molecule has 1 aliphatic heterocycles. The molecule has 0 saturated carbocycles. The minimum absolute atomic E-state index is 0.0346. The fraction of sp³-hybridized carbons (Fsp3) is 0.440. The smallest absolute Gasteiger partial charge is 0.335 e. The van der Waals surface area contributed by atoms with Crippen molar-refractivity contribution in [3.8, 4) is 0 Å². The Morgan fingerprint density at radius 2 is 1.88 bits per heavy atom. The Kier molecular flexibility index (Phi) is 8.19. The van der Waals surface area contributed by atoms with Crippen molar-refractivity contribution in [1.29, 1.82) is 0 Å². The number of nitrogens with one attached hydrogen (secondary N) is 1. The number of sulfonamides is 1. The third-order valence-electron chi connectivity index (χ3n) is 5.75. The zero-order valence-electron chi connectivity index (χ0n) is 19.8. The van der Waals surface area contributed by atoms with Crippen molar-refractivity contribution in [2.75, 3.05) is 29.3 Å². The molecule has 1 atom stereocenters. The van der Waals surface area contributed by atoms with Crippen LogP contribution in [0.2, 0.25) is 0 Å². The fourth-order valence-electron chi connectivity index (χ4n) is 4.15. The normalized spacial score (nSPS) is 16.4. The molecular formula is C25H32N2O6S. The van der Waals surface area contributed by atoms with Crippen molar-refractivity contribution in [2.45, 2.75) is 44.9 Å². The van der Waals surface area contributed by atoms with Crippen LogP contribution in [0.5, 0.6) is 0 Å². The summed E-state index contributed by atoms with van der Waals surface area (Å²) < 4.78 is 34.1. The van der Waals surface area contributed by atoms with E-state index in [1.165, 1.54) is 12.1 Å². The number of benzene rings is 2. The number of aromatic carboxylic acids is 1. The van der Waals surface area contributed by atoms with E-state index in [4.69, 9.17) is 4.74 Å². The highest BCUT2D eigenvalue weighted by atomic mass is 32.2. The van der Waals surface area contributed by atoms with Gasteiger partial charge in [-0.25, -0.2) is 13.2 Å². The van der Waals surface area contributed by atoms with Crippen LogP contribution < -0.4 is 9.62 Å². The largest absolute Gasteiger partial charge is 0.478 e. The molecule has 1 unspecified atom stereocenters. The highest BCUT2D eigenvalue weighted by molar-refractivity contribution is 7.92. The van der Waals surface area contributed by atoms with Gasteiger partial charge in [-0.2, -0.15) is 0 Å².